The second-order valence-electron chi connectivity index (χ2n) is 5.50. The van der Waals surface area contributed by atoms with Crippen molar-refractivity contribution in [2.24, 2.45) is 4.99 Å². The van der Waals surface area contributed by atoms with Gasteiger partial charge in [-0.05, 0) is 35.9 Å². The number of aliphatic imine (C=N–C) groups is 1. The first-order chi connectivity index (χ1) is 12.2. The Kier molecular flexibility index (Phi) is 5.20. The maximum Gasteiger partial charge on any atom is 0.312 e. The Morgan fingerprint density at radius 3 is 2.88 bits per heavy atom. The van der Waals surface area contributed by atoms with Gasteiger partial charge in [-0.1, -0.05) is 24.3 Å². The average molecular weight is 338 g/mol. The number of allylic oxidation sites excluding steroid dienone is 2. The Bertz CT molecular complexity index is 788. The molecule has 3 rings (SSSR count). The first kappa shape index (κ1) is 16.9. The molecule has 1 aliphatic heterocycles. The van der Waals surface area contributed by atoms with Crippen molar-refractivity contribution < 1.29 is 19.1 Å². The van der Waals surface area contributed by atoms with Crippen molar-refractivity contribution >= 4 is 23.6 Å². The van der Waals surface area contributed by atoms with Gasteiger partial charge in [-0.2, -0.15) is 0 Å². The second kappa shape index (κ2) is 7.72. The van der Waals surface area contributed by atoms with Gasteiger partial charge in [0.05, 0.1) is 12.3 Å². The highest BCUT2D eigenvalue weighted by atomic mass is 16.5. The van der Waals surface area contributed by atoms with Gasteiger partial charge in [0.25, 0.3) is 5.91 Å². The monoisotopic (exact) mass is 338 g/mol. The lowest BCUT2D eigenvalue weighted by Crippen LogP contribution is -2.29. The molecule has 1 aromatic carbocycles. The number of nitrogens with one attached hydrogen (secondary N) is 1. The topological polar surface area (TPSA) is 77.0 Å². The van der Waals surface area contributed by atoms with Gasteiger partial charge in [-0.15, -0.1) is 0 Å². The molecular formula is C19H18N2O4. The molecule has 0 saturated heterocycles. The molecule has 6 nitrogen and oxygen atoms in total. The van der Waals surface area contributed by atoms with E-state index in [1.807, 2.05) is 18.2 Å². The van der Waals surface area contributed by atoms with Gasteiger partial charge in [-0.3, -0.25) is 9.59 Å². The van der Waals surface area contributed by atoms with Gasteiger partial charge in [0.1, 0.15) is 0 Å². The van der Waals surface area contributed by atoms with E-state index in [1.54, 1.807) is 43.5 Å². The van der Waals surface area contributed by atoms with E-state index in [0.717, 1.165) is 5.56 Å². The molecule has 1 N–H and O–H groups in total. The average Bonchev–Trinajstić information content (AvgIpc) is 2.63. The van der Waals surface area contributed by atoms with Crippen LogP contribution in [-0.2, 0) is 14.3 Å². The molecule has 2 aliphatic rings. The second-order valence-corrected chi connectivity index (χ2v) is 5.50. The predicted octanol–water partition coefficient (Wildman–Crippen LogP) is 1.90. The summed E-state index contributed by atoms with van der Waals surface area (Å²) in [6.45, 7) is 0.913. The lowest BCUT2D eigenvalue weighted by atomic mass is 10.1. The molecule has 1 atom stereocenters. The van der Waals surface area contributed by atoms with Crippen LogP contribution in [0.25, 0.3) is 6.08 Å². The number of benzene rings is 1. The number of hydrogen-bond donors (Lipinski definition) is 1. The third-order valence-electron chi connectivity index (χ3n) is 3.71. The molecule has 0 aromatic heterocycles. The molecule has 25 heavy (non-hydrogen) atoms. The van der Waals surface area contributed by atoms with Gasteiger partial charge < -0.3 is 14.8 Å². The molecule has 128 valence electrons. The van der Waals surface area contributed by atoms with Crippen molar-refractivity contribution in [2.45, 2.75) is 6.10 Å². The van der Waals surface area contributed by atoms with E-state index < -0.39 is 5.91 Å². The van der Waals surface area contributed by atoms with Crippen molar-refractivity contribution in [3.05, 3.63) is 65.5 Å². The number of hydrogen-bond acceptors (Lipinski definition) is 4. The van der Waals surface area contributed by atoms with Crippen molar-refractivity contribution in [1.29, 1.82) is 0 Å². The summed E-state index contributed by atoms with van der Waals surface area (Å²) in [6, 6.07) is 6.90. The fourth-order valence-electron chi connectivity index (χ4n) is 2.42. The third-order valence-corrected chi connectivity index (χ3v) is 3.71. The normalized spacial score (nSPS) is 20.0. The van der Waals surface area contributed by atoms with Crippen molar-refractivity contribution in [3.63, 3.8) is 0 Å². The van der Waals surface area contributed by atoms with Gasteiger partial charge in [-0.25, -0.2) is 4.99 Å². The predicted molar refractivity (Wildman–Crippen MR) is 94.2 cm³/mol. The Labute approximate surface area is 145 Å². The molecule has 1 heterocycles. The first-order valence-electron chi connectivity index (χ1n) is 7.91. The van der Waals surface area contributed by atoms with Crippen LogP contribution >= 0.6 is 0 Å². The zero-order chi connectivity index (χ0) is 17.6. The van der Waals surface area contributed by atoms with Crippen LogP contribution in [0.5, 0.6) is 0 Å². The number of nitrogens with zero attached hydrogens (tertiary/aromatic N) is 1. The SMILES string of the molecule is COCCNC(=O)c1ccc(/C=C2\OC3C=CC=CC3=NC2=O)cc1. The molecule has 0 bridgehead atoms. The zero-order valence-electron chi connectivity index (χ0n) is 13.8. The molecule has 1 aromatic rings. The molecule has 1 aliphatic carbocycles. The van der Waals surface area contributed by atoms with E-state index in [9.17, 15) is 9.59 Å². The van der Waals surface area contributed by atoms with E-state index >= 15 is 0 Å². The summed E-state index contributed by atoms with van der Waals surface area (Å²) in [6.07, 6.45) is 8.56. The van der Waals surface area contributed by atoms with Crippen LogP contribution in [0.2, 0.25) is 0 Å². The van der Waals surface area contributed by atoms with Gasteiger partial charge in [0, 0.05) is 19.2 Å². The third kappa shape index (κ3) is 4.10. The lowest BCUT2D eigenvalue weighted by molar-refractivity contribution is -0.118. The summed E-state index contributed by atoms with van der Waals surface area (Å²) in [4.78, 5) is 28.0. The smallest absolute Gasteiger partial charge is 0.312 e. The number of ether oxygens (including phenoxy) is 2. The summed E-state index contributed by atoms with van der Waals surface area (Å²) >= 11 is 0. The van der Waals surface area contributed by atoms with E-state index in [0.29, 0.717) is 24.4 Å². The van der Waals surface area contributed by atoms with Gasteiger partial charge in [0.15, 0.2) is 11.9 Å². The molecule has 2 amide bonds. The van der Waals surface area contributed by atoms with Gasteiger partial charge >= 0.3 is 5.91 Å². The lowest BCUT2D eigenvalue weighted by Gasteiger charge is -2.22. The number of carbonyl (C=O) groups is 2. The van der Waals surface area contributed by atoms with E-state index in [4.69, 9.17) is 9.47 Å². The summed E-state index contributed by atoms with van der Waals surface area (Å²) in [5.74, 6) is -0.395. The Balaban J connectivity index is 1.70. The van der Waals surface area contributed by atoms with Crippen molar-refractivity contribution in [2.75, 3.05) is 20.3 Å². The number of amides is 2. The Morgan fingerprint density at radius 2 is 2.12 bits per heavy atom. The molecule has 0 spiro atoms. The van der Waals surface area contributed by atoms with Crippen LogP contribution in [-0.4, -0.2) is 43.9 Å². The molecular weight excluding hydrogens is 320 g/mol. The standard InChI is InChI=1S/C19H18N2O4/c1-24-11-10-20-18(22)14-8-6-13(7-9-14)12-17-19(23)21-15-4-2-3-5-16(15)25-17/h2-9,12,16H,10-11H2,1H3,(H,20,22)/b17-12-. The molecule has 0 fully saturated rings. The van der Waals surface area contributed by atoms with Crippen LogP contribution < -0.4 is 5.32 Å². The highest BCUT2D eigenvalue weighted by Gasteiger charge is 2.26. The fraction of sp³-hybridized carbons (Fsp3) is 0.211. The minimum absolute atomic E-state index is 0.172. The van der Waals surface area contributed by atoms with Crippen molar-refractivity contribution in [1.82, 2.24) is 5.32 Å². The van der Waals surface area contributed by atoms with E-state index in [2.05, 4.69) is 10.3 Å². The molecule has 6 heteroatoms. The number of carbonyl (C=O) groups excluding carboxylic acids is 2. The van der Waals surface area contributed by atoms with Gasteiger partial charge in [0.2, 0.25) is 0 Å². The van der Waals surface area contributed by atoms with Crippen LogP contribution in [0.4, 0.5) is 0 Å². The summed E-state index contributed by atoms with van der Waals surface area (Å²) in [5, 5.41) is 2.75. The molecule has 1 unspecified atom stereocenters. The zero-order valence-corrected chi connectivity index (χ0v) is 13.8. The number of methoxy groups -OCH3 is 1. The molecule has 0 saturated carbocycles. The highest BCUT2D eigenvalue weighted by molar-refractivity contribution is 6.13. The summed E-state index contributed by atoms with van der Waals surface area (Å²) in [5.41, 5.74) is 1.90. The van der Waals surface area contributed by atoms with E-state index in [-0.39, 0.29) is 17.8 Å². The van der Waals surface area contributed by atoms with Crippen molar-refractivity contribution in [3.8, 4) is 0 Å². The minimum Gasteiger partial charge on any atom is -0.474 e. The minimum atomic E-state index is -0.410. The Hall–Kier alpha value is -2.99. The van der Waals surface area contributed by atoms with Crippen LogP contribution in [0.3, 0.4) is 0 Å². The quantitative estimate of drug-likeness (QED) is 0.657. The summed E-state index contributed by atoms with van der Waals surface area (Å²) < 4.78 is 10.6. The maximum absolute atomic E-state index is 12.1. The fourth-order valence-corrected chi connectivity index (χ4v) is 2.42. The Morgan fingerprint density at radius 1 is 1.32 bits per heavy atom. The number of fused-ring (bicyclic) bond motifs is 1. The van der Waals surface area contributed by atoms with Crippen LogP contribution in [0.1, 0.15) is 15.9 Å². The maximum atomic E-state index is 12.1. The molecule has 0 radical (unpaired) electrons. The van der Waals surface area contributed by atoms with Crippen LogP contribution in [0.15, 0.2) is 59.3 Å². The van der Waals surface area contributed by atoms with Crippen LogP contribution in [0, 0.1) is 0 Å². The number of rotatable bonds is 5. The summed E-state index contributed by atoms with van der Waals surface area (Å²) in [7, 11) is 1.58. The highest BCUT2D eigenvalue weighted by Crippen LogP contribution is 2.20. The first-order valence-corrected chi connectivity index (χ1v) is 7.91. The largest absolute Gasteiger partial charge is 0.474 e. The van der Waals surface area contributed by atoms with E-state index in [1.165, 1.54) is 0 Å².